The van der Waals surface area contributed by atoms with Gasteiger partial charge in [0.2, 0.25) is 0 Å². The standard InChI is InChI=1S/C24H29N5O2/c1-18(20-6-8-21(9-7-20)29-13-11-25-17-29)27-24(30)26-15-19-10-12-28(16-19)22-4-3-5-23(14-22)31-2/h3-9,11,13-14,17-19H,10,12,15-16H2,1-2H3,(H2,26,27,30). The van der Waals surface area contributed by atoms with Crippen LogP contribution in [0.4, 0.5) is 10.5 Å². The number of ether oxygens (including phenoxy) is 1. The van der Waals surface area contributed by atoms with Crippen molar-refractivity contribution < 1.29 is 9.53 Å². The maximum atomic E-state index is 12.4. The Kier molecular flexibility index (Phi) is 6.40. The Balaban J connectivity index is 1.24. The van der Waals surface area contributed by atoms with Gasteiger partial charge in [0.05, 0.1) is 19.5 Å². The zero-order chi connectivity index (χ0) is 21.6. The quantitative estimate of drug-likeness (QED) is 0.612. The van der Waals surface area contributed by atoms with E-state index in [0.717, 1.165) is 36.5 Å². The van der Waals surface area contributed by atoms with E-state index in [9.17, 15) is 4.79 Å². The zero-order valence-corrected chi connectivity index (χ0v) is 18.0. The number of carbonyl (C=O) groups is 1. The van der Waals surface area contributed by atoms with Crippen molar-refractivity contribution in [2.75, 3.05) is 31.6 Å². The fraction of sp³-hybridized carbons (Fsp3) is 0.333. The Morgan fingerprint density at radius 2 is 2.06 bits per heavy atom. The molecule has 0 aliphatic carbocycles. The number of carbonyl (C=O) groups excluding carboxylic acids is 1. The Morgan fingerprint density at radius 1 is 1.23 bits per heavy atom. The lowest BCUT2D eigenvalue weighted by Crippen LogP contribution is -2.40. The summed E-state index contributed by atoms with van der Waals surface area (Å²) >= 11 is 0. The maximum absolute atomic E-state index is 12.4. The van der Waals surface area contributed by atoms with Crippen molar-refractivity contribution in [2.24, 2.45) is 5.92 Å². The molecule has 1 aliphatic rings. The molecule has 2 N–H and O–H groups in total. The molecule has 2 atom stereocenters. The van der Waals surface area contributed by atoms with E-state index in [2.05, 4.69) is 32.7 Å². The number of hydrogen-bond donors (Lipinski definition) is 2. The van der Waals surface area contributed by atoms with Crippen LogP contribution in [0.2, 0.25) is 0 Å². The molecular formula is C24H29N5O2. The number of benzene rings is 2. The van der Waals surface area contributed by atoms with Crippen molar-refractivity contribution >= 4 is 11.7 Å². The molecule has 4 rings (SSSR count). The van der Waals surface area contributed by atoms with Crippen LogP contribution in [0, 0.1) is 5.92 Å². The molecule has 2 heterocycles. The van der Waals surface area contributed by atoms with Gasteiger partial charge in [0.25, 0.3) is 0 Å². The molecule has 31 heavy (non-hydrogen) atoms. The van der Waals surface area contributed by atoms with E-state index in [-0.39, 0.29) is 12.1 Å². The molecule has 0 spiro atoms. The molecule has 1 aromatic heterocycles. The van der Waals surface area contributed by atoms with Gasteiger partial charge in [0.1, 0.15) is 5.75 Å². The summed E-state index contributed by atoms with van der Waals surface area (Å²) in [5, 5.41) is 6.07. The lowest BCUT2D eigenvalue weighted by atomic mass is 10.1. The van der Waals surface area contributed by atoms with Crippen LogP contribution in [-0.4, -0.2) is 42.3 Å². The molecule has 0 bridgehead atoms. The second-order valence-electron chi connectivity index (χ2n) is 7.94. The van der Waals surface area contributed by atoms with Gasteiger partial charge in [-0.15, -0.1) is 0 Å². The van der Waals surface area contributed by atoms with Crippen LogP contribution in [0.25, 0.3) is 5.69 Å². The van der Waals surface area contributed by atoms with Gasteiger partial charge in [-0.25, -0.2) is 9.78 Å². The maximum Gasteiger partial charge on any atom is 0.315 e. The van der Waals surface area contributed by atoms with E-state index in [4.69, 9.17) is 4.74 Å². The fourth-order valence-electron chi connectivity index (χ4n) is 3.96. The highest BCUT2D eigenvalue weighted by Crippen LogP contribution is 2.26. The molecule has 1 saturated heterocycles. The summed E-state index contributed by atoms with van der Waals surface area (Å²) in [7, 11) is 1.68. The molecule has 7 nitrogen and oxygen atoms in total. The lowest BCUT2D eigenvalue weighted by Gasteiger charge is -2.20. The van der Waals surface area contributed by atoms with Crippen LogP contribution in [0.1, 0.15) is 24.9 Å². The predicted octanol–water partition coefficient (Wildman–Crippen LogP) is 3.77. The number of anilines is 1. The first kappa shape index (κ1) is 20.8. The van der Waals surface area contributed by atoms with Gasteiger partial charge in [-0.2, -0.15) is 0 Å². The molecule has 3 aromatic rings. The van der Waals surface area contributed by atoms with Crippen molar-refractivity contribution in [3.8, 4) is 11.4 Å². The molecule has 2 amide bonds. The number of aromatic nitrogens is 2. The molecule has 7 heteroatoms. The minimum Gasteiger partial charge on any atom is -0.497 e. The van der Waals surface area contributed by atoms with Crippen LogP contribution < -0.4 is 20.3 Å². The van der Waals surface area contributed by atoms with E-state index in [1.54, 1.807) is 19.6 Å². The Morgan fingerprint density at radius 3 is 2.81 bits per heavy atom. The number of nitrogens with one attached hydrogen (secondary N) is 2. The van der Waals surface area contributed by atoms with Gasteiger partial charge in [0, 0.05) is 49.5 Å². The summed E-state index contributed by atoms with van der Waals surface area (Å²) in [6, 6.07) is 16.0. The average Bonchev–Trinajstić information content (AvgIpc) is 3.50. The van der Waals surface area contributed by atoms with Crippen LogP contribution in [0.3, 0.4) is 0 Å². The number of urea groups is 1. The number of methoxy groups -OCH3 is 1. The Hall–Kier alpha value is -3.48. The number of amides is 2. The summed E-state index contributed by atoms with van der Waals surface area (Å²) in [5.74, 6) is 1.30. The van der Waals surface area contributed by atoms with Crippen LogP contribution >= 0.6 is 0 Å². The first-order chi connectivity index (χ1) is 15.1. The van der Waals surface area contributed by atoms with Crippen molar-refractivity contribution in [3.05, 3.63) is 72.8 Å². The molecule has 0 radical (unpaired) electrons. The average molecular weight is 420 g/mol. The van der Waals surface area contributed by atoms with E-state index < -0.39 is 0 Å². The molecule has 162 valence electrons. The Labute approximate surface area is 183 Å². The van der Waals surface area contributed by atoms with Crippen molar-refractivity contribution in [3.63, 3.8) is 0 Å². The Bertz CT molecular complexity index is 987. The fourth-order valence-corrected chi connectivity index (χ4v) is 3.96. The molecular weight excluding hydrogens is 390 g/mol. The number of nitrogens with zero attached hydrogens (tertiary/aromatic N) is 3. The van der Waals surface area contributed by atoms with Gasteiger partial charge in [-0.05, 0) is 49.1 Å². The van der Waals surface area contributed by atoms with Crippen LogP contribution in [-0.2, 0) is 0 Å². The highest BCUT2D eigenvalue weighted by molar-refractivity contribution is 5.74. The van der Waals surface area contributed by atoms with Crippen LogP contribution in [0.5, 0.6) is 5.75 Å². The van der Waals surface area contributed by atoms with Gasteiger partial charge >= 0.3 is 6.03 Å². The monoisotopic (exact) mass is 419 g/mol. The molecule has 2 unspecified atom stereocenters. The third-order valence-corrected chi connectivity index (χ3v) is 5.80. The number of hydrogen-bond acceptors (Lipinski definition) is 4. The smallest absolute Gasteiger partial charge is 0.315 e. The largest absolute Gasteiger partial charge is 0.497 e. The zero-order valence-electron chi connectivity index (χ0n) is 18.0. The van der Waals surface area contributed by atoms with E-state index >= 15 is 0 Å². The second-order valence-corrected chi connectivity index (χ2v) is 7.94. The van der Waals surface area contributed by atoms with Gasteiger partial charge in [-0.1, -0.05) is 18.2 Å². The highest BCUT2D eigenvalue weighted by Gasteiger charge is 2.23. The third-order valence-electron chi connectivity index (χ3n) is 5.80. The summed E-state index contributed by atoms with van der Waals surface area (Å²) in [6.45, 7) is 4.57. The number of imidazole rings is 1. The summed E-state index contributed by atoms with van der Waals surface area (Å²) in [4.78, 5) is 18.8. The number of rotatable bonds is 7. The van der Waals surface area contributed by atoms with Gasteiger partial charge < -0.3 is 24.8 Å². The van der Waals surface area contributed by atoms with Crippen molar-refractivity contribution in [1.82, 2.24) is 20.2 Å². The summed E-state index contributed by atoms with van der Waals surface area (Å²) in [5.41, 5.74) is 3.27. The minimum absolute atomic E-state index is 0.0753. The molecule has 1 aliphatic heterocycles. The van der Waals surface area contributed by atoms with Crippen molar-refractivity contribution in [1.29, 1.82) is 0 Å². The van der Waals surface area contributed by atoms with Crippen molar-refractivity contribution in [2.45, 2.75) is 19.4 Å². The summed E-state index contributed by atoms with van der Waals surface area (Å²) in [6.07, 6.45) is 6.48. The van der Waals surface area contributed by atoms with Gasteiger partial charge in [0.15, 0.2) is 0 Å². The molecule has 2 aromatic carbocycles. The van der Waals surface area contributed by atoms with Crippen LogP contribution in [0.15, 0.2) is 67.3 Å². The molecule has 0 saturated carbocycles. The molecule has 1 fully saturated rings. The first-order valence-electron chi connectivity index (χ1n) is 10.6. The lowest BCUT2D eigenvalue weighted by molar-refractivity contribution is 0.236. The first-order valence-corrected chi connectivity index (χ1v) is 10.6. The van der Waals surface area contributed by atoms with E-state index in [1.807, 2.05) is 54.1 Å². The minimum atomic E-state index is -0.133. The summed E-state index contributed by atoms with van der Waals surface area (Å²) < 4.78 is 7.27. The topological polar surface area (TPSA) is 71.4 Å². The second kappa shape index (κ2) is 9.55. The van der Waals surface area contributed by atoms with Gasteiger partial charge in [-0.3, -0.25) is 0 Å². The SMILES string of the molecule is COc1cccc(N2CCC(CNC(=O)NC(C)c3ccc(-n4ccnc4)cc3)C2)c1. The van der Waals surface area contributed by atoms with E-state index in [1.165, 1.54) is 5.69 Å². The predicted molar refractivity (Wildman–Crippen MR) is 122 cm³/mol. The van der Waals surface area contributed by atoms with E-state index in [0.29, 0.717) is 12.5 Å². The normalized spacial score (nSPS) is 16.7. The highest BCUT2D eigenvalue weighted by atomic mass is 16.5. The third kappa shape index (κ3) is 5.17.